The lowest BCUT2D eigenvalue weighted by atomic mass is 10.0. The number of benzene rings is 1. The highest BCUT2D eigenvalue weighted by Crippen LogP contribution is 2.33. The number of hydrogen-bond acceptors (Lipinski definition) is 2. The summed E-state index contributed by atoms with van der Waals surface area (Å²) in [4.78, 5) is 0. The first-order valence-corrected chi connectivity index (χ1v) is 4.40. The third-order valence-corrected chi connectivity index (χ3v) is 2.51. The van der Waals surface area contributed by atoms with Crippen LogP contribution in [0.2, 0.25) is 0 Å². The molecule has 0 aliphatic carbocycles. The van der Waals surface area contributed by atoms with Gasteiger partial charge >= 0.3 is 0 Å². The number of rotatable bonds is 1. The Morgan fingerprint density at radius 1 is 1.54 bits per heavy atom. The largest absolute Gasteiger partial charge is 0.368 e. The summed E-state index contributed by atoms with van der Waals surface area (Å²) in [7, 11) is 0. The summed E-state index contributed by atoms with van der Waals surface area (Å²) in [6.07, 6.45) is 2.17. The van der Waals surface area contributed by atoms with Crippen LogP contribution in [0.4, 0.5) is 0 Å². The highest BCUT2D eigenvalue weighted by molar-refractivity contribution is 5.79. The first-order chi connectivity index (χ1) is 6.34. The Morgan fingerprint density at radius 3 is 3.15 bits per heavy atom. The van der Waals surface area contributed by atoms with Crippen molar-refractivity contribution in [1.82, 2.24) is 10.2 Å². The van der Waals surface area contributed by atoms with Gasteiger partial charge in [0.1, 0.15) is 6.10 Å². The van der Waals surface area contributed by atoms with Crippen molar-refractivity contribution in [3.8, 4) is 0 Å². The van der Waals surface area contributed by atoms with Gasteiger partial charge in [-0.15, -0.1) is 0 Å². The maximum Gasteiger partial charge on any atom is 0.106 e. The second-order valence-corrected chi connectivity index (χ2v) is 3.49. The summed E-state index contributed by atoms with van der Waals surface area (Å²) in [6.45, 7) is 2.98. The van der Waals surface area contributed by atoms with Gasteiger partial charge in [-0.25, -0.2) is 0 Å². The fourth-order valence-corrected chi connectivity index (χ4v) is 1.70. The van der Waals surface area contributed by atoms with E-state index in [1.807, 2.05) is 6.20 Å². The standard InChI is InChI=1S/C10H10N2O/c1-6-2-7-4-11-12-9(7)3-8(6)10-5-13-10/h2-4,10H,5H2,1H3,(H,11,12). The predicted octanol–water partition coefficient (Wildman–Crippen LogP) is 1.94. The van der Waals surface area contributed by atoms with Gasteiger partial charge in [0, 0.05) is 5.39 Å². The molecule has 66 valence electrons. The number of hydrogen-bond donors (Lipinski definition) is 1. The maximum absolute atomic E-state index is 5.27. The smallest absolute Gasteiger partial charge is 0.106 e. The molecule has 0 spiro atoms. The van der Waals surface area contributed by atoms with Crippen LogP contribution in [-0.4, -0.2) is 16.8 Å². The van der Waals surface area contributed by atoms with Gasteiger partial charge in [0.05, 0.1) is 18.3 Å². The molecule has 0 radical (unpaired) electrons. The van der Waals surface area contributed by atoms with Crippen LogP contribution in [0.3, 0.4) is 0 Å². The minimum absolute atomic E-state index is 0.327. The normalized spacial score (nSPS) is 20.8. The van der Waals surface area contributed by atoms with Crippen molar-refractivity contribution in [2.75, 3.05) is 6.61 Å². The zero-order valence-corrected chi connectivity index (χ0v) is 7.37. The molecule has 0 saturated carbocycles. The van der Waals surface area contributed by atoms with Gasteiger partial charge in [-0.1, -0.05) is 0 Å². The molecule has 1 aromatic carbocycles. The molecule has 1 N–H and O–H groups in total. The van der Waals surface area contributed by atoms with Gasteiger partial charge in [0.15, 0.2) is 0 Å². The van der Waals surface area contributed by atoms with E-state index in [4.69, 9.17) is 4.74 Å². The Labute approximate surface area is 75.7 Å². The van der Waals surface area contributed by atoms with Crippen molar-refractivity contribution < 1.29 is 4.74 Å². The van der Waals surface area contributed by atoms with Gasteiger partial charge in [-0.3, -0.25) is 5.10 Å². The zero-order chi connectivity index (χ0) is 8.84. The maximum atomic E-state index is 5.27. The lowest BCUT2D eigenvalue weighted by Crippen LogP contribution is -1.86. The van der Waals surface area contributed by atoms with Crippen LogP contribution in [0.5, 0.6) is 0 Å². The molecule has 2 heterocycles. The number of epoxide rings is 1. The molecule has 3 nitrogen and oxygen atoms in total. The number of aromatic nitrogens is 2. The topological polar surface area (TPSA) is 41.2 Å². The monoisotopic (exact) mass is 174 g/mol. The molecule has 1 aromatic heterocycles. The SMILES string of the molecule is Cc1cc2cn[nH]c2cc1C1CO1. The van der Waals surface area contributed by atoms with Crippen LogP contribution in [0.1, 0.15) is 17.2 Å². The van der Waals surface area contributed by atoms with Crippen LogP contribution in [0.15, 0.2) is 18.3 Å². The zero-order valence-electron chi connectivity index (χ0n) is 7.37. The predicted molar refractivity (Wildman–Crippen MR) is 49.5 cm³/mol. The fourth-order valence-electron chi connectivity index (χ4n) is 1.70. The highest BCUT2D eigenvalue weighted by atomic mass is 16.6. The number of aromatic amines is 1. The first kappa shape index (κ1) is 7.09. The molecular weight excluding hydrogens is 164 g/mol. The van der Waals surface area contributed by atoms with Gasteiger partial charge < -0.3 is 4.74 Å². The molecule has 13 heavy (non-hydrogen) atoms. The molecule has 1 unspecified atom stereocenters. The number of H-pyrrole nitrogens is 1. The van der Waals surface area contributed by atoms with E-state index in [1.54, 1.807) is 0 Å². The van der Waals surface area contributed by atoms with Crippen molar-refractivity contribution in [2.45, 2.75) is 13.0 Å². The van der Waals surface area contributed by atoms with Crippen molar-refractivity contribution in [3.05, 3.63) is 29.5 Å². The van der Waals surface area contributed by atoms with Gasteiger partial charge in [-0.05, 0) is 30.2 Å². The summed E-state index contributed by atoms with van der Waals surface area (Å²) < 4.78 is 5.27. The van der Waals surface area contributed by atoms with Crippen molar-refractivity contribution in [3.63, 3.8) is 0 Å². The van der Waals surface area contributed by atoms with E-state index in [2.05, 4.69) is 29.3 Å². The van der Waals surface area contributed by atoms with E-state index < -0.39 is 0 Å². The molecule has 1 atom stereocenters. The Morgan fingerprint density at radius 2 is 2.38 bits per heavy atom. The van der Waals surface area contributed by atoms with Gasteiger partial charge in [0.2, 0.25) is 0 Å². The minimum atomic E-state index is 0.327. The number of fused-ring (bicyclic) bond motifs is 1. The summed E-state index contributed by atoms with van der Waals surface area (Å²) in [5.41, 5.74) is 3.67. The molecule has 3 heteroatoms. The third kappa shape index (κ3) is 1.04. The van der Waals surface area contributed by atoms with Crippen LogP contribution < -0.4 is 0 Å². The van der Waals surface area contributed by atoms with Gasteiger partial charge in [0.25, 0.3) is 0 Å². The summed E-state index contributed by atoms with van der Waals surface area (Å²) >= 11 is 0. The first-order valence-electron chi connectivity index (χ1n) is 4.40. The van der Waals surface area contributed by atoms with Crippen LogP contribution in [-0.2, 0) is 4.74 Å². The number of nitrogens with zero attached hydrogens (tertiary/aromatic N) is 1. The minimum Gasteiger partial charge on any atom is -0.368 e. The van der Waals surface area contributed by atoms with E-state index in [0.717, 1.165) is 12.1 Å². The molecule has 0 bridgehead atoms. The van der Waals surface area contributed by atoms with E-state index in [0.29, 0.717) is 6.10 Å². The number of aryl methyl sites for hydroxylation is 1. The number of nitrogens with one attached hydrogen (secondary N) is 1. The summed E-state index contributed by atoms with van der Waals surface area (Å²) in [5.74, 6) is 0. The van der Waals surface area contributed by atoms with Crippen molar-refractivity contribution in [2.24, 2.45) is 0 Å². The molecule has 0 amide bonds. The van der Waals surface area contributed by atoms with Crippen LogP contribution in [0.25, 0.3) is 10.9 Å². The molecule has 3 rings (SSSR count). The van der Waals surface area contributed by atoms with Crippen LogP contribution in [0, 0.1) is 6.92 Å². The number of ether oxygens (including phenoxy) is 1. The summed E-state index contributed by atoms with van der Waals surface area (Å²) in [5, 5.41) is 8.13. The summed E-state index contributed by atoms with van der Waals surface area (Å²) in [6, 6.07) is 4.28. The second-order valence-electron chi connectivity index (χ2n) is 3.49. The Kier molecular flexibility index (Phi) is 1.27. The van der Waals surface area contributed by atoms with Crippen LogP contribution >= 0.6 is 0 Å². The van der Waals surface area contributed by atoms with Gasteiger partial charge in [-0.2, -0.15) is 5.10 Å². The van der Waals surface area contributed by atoms with E-state index >= 15 is 0 Å². The van der Waals surface area contributed by atoms with Crippen molar-refractivity contribution in [1.29, 1.82) is 0 Å². The average molecular weight is 174 g/mol. The van der Waals surface area contributed by atoms with E-state index in [-0.39, 0.29) is 0 Å². The molecule has 2 aromatic rings. The fraction of sp³-hybridized carbons (Fsp3) is 0.300. The lowest BCUT2D eigenvalue weighted by Gasteiger charge is -2.01. The molecule has 1 aliphatic heterocycles. The Bertz CT molecular complexity index is 457. The molecule has 1 fully saturated rings. The second kappa shape index (κ2) is 2.33. The molecule has 1 aliphatic rings. The average Bonchev–Trinajstić information content (AvgIpc) is 2.85. The highest BCUT2D eigenvalue weighted by Gasteiger charge is 2.26. The van der Waals surface area contributed by atoms with E-state index in [1.165, 1.54) is 16.5 Å². The van der Waals surface area contributed by atoms with Crippen molar-refractivity contribution >= 4 is 10.9 Å². The lowest BCUT2D eigenvalue weighted by molar-refractivity contribution is 0.415. The Balaban J connectivity index is 2.27. The Hall–Kier alpha value is -1.35. The molecular formula is C10H10N2O. The van der Waals surface area contributed by atoms with E-state index in [9.17, 15) is 0 Å². The quantitative estimate of drug-likeness (QED) is 0.671. The molecule has 1 saturated heterocycles. The third-order valence-electron chi connectivity index (χ3n) is 2.51.